The van der Waals surface area contributed by atoms with E-state index in [-0.39, 0.29) is 11.5 Å². The Kier molecular flexibility index (Phi) is 3.84. The molecular weight excluding hydrogens is 248 g/mol. The molecule has 0 radical (unpaired) electrons. The standard InChI is InChI=1S/C18H20O2/c1-11(2)9-15-13-7-5-6-8-14(13)17(19)16(18(15)20)10-12(3)4/h5-8,19-20H,1,3,9-10H2,2,4H3. The van der Waals surface area contributed by atoms with Crippen LogP contribution in [0.5, 0.6) is 11.5 Å². The predicted octanol–water partition coefficient (Wildman–Crippen LogP) is 4.49. The highest BCUT2D eigenvalue weighted by Gasteiger charge is 2.18. The minimum atomic E-state index is 0.145. The molecule has 2 aromatic rings. The van der Waals surface area contributed by atoms with Gasteiger partial charge in [0.1, 0.15) is 11.5 Å². The minimum Gasteiger partial charge on any atom is -0.507 e. The molecule has 0 amide bonds. The van der Waals surface area contributed by atoms with Crippen LogP contribution in [0.3, 0.4) is 0 Å². The Bertz CT molecular complexity index is 696. The van der Waals surface area contributed by atoms with Crippen LogP contribution in [0, 0.1) is 0 Å². The second kappa shape index (κ2) is 5.41. The molecule has 2 rings (SSSR count). The molecule has 2 nitrogen and oxygen atoms in total. The van der Waals surface area contributed by atoms with Crippen LogP contribution in [0.25, 0.3) is 10.8 Å². The van der Waals surface area contributed by atoms with Gasteiger partial charge in [0.15, 0.2) is 0 Å². The van der Waals surface area contributed by atoms with Crippen molar-refractivity contribution in [3.63, 3.8) is 0 Å². The Morgan fingerprint density at radius 1 is 0.850 bits per heavy atom. The molecule has 0 bridgehead atoms. The van der Waals surface area contributed by atoms with Gasteiger partial charge in [0, 0.05) is 22.9 Å². The van der Waals surface area contributed by atoms with Crippen LogP contribution in [0.15, 0.2) is 48.6 Å². The number of phenolic OH excluding ortho intramolecular Hbond substituents is 2. The van der Waals surface area contributed by atoms with Crippen molar-refractivity contribution < 1.29 is 10.2 Å². The van der Waals surface area contributed by atoms with Crippen LogP contribution in [0.1, 0.15) is 25.0 Å². The maximum atomic E-state index is 10.5. The van der Waals surface area contributed by atoms with Crippen LogP contribution < -0.4 is 0 Å². The van der Waals surface area contributed by atoms with Gasteiger partial charge in [-0.25, -0.2) is 0 Å². The summed E-state index contributed by atoms with van der Waals surface area (Å²) < 4.78 is 0. The summed E-state index contributed by atoms with van der Waals surface area (Å²) in [6.45, 7) is 11.6. The van der Waals surface area contributed by atoms with Gasteiger partial charge in [-0.1, -0.05) is 48.6 Å². The summed E-state index contributed by atoms with van der Waals surface area (Å²) in [5.41, 5.74) is 3.24. The van der Waals surface area contributed by atoms with Crippen molar-refractivity contribution in [2.24, 2.45) is 0 Å². The number of fused-ring (bicyclic) bond motifs is 1. The van der Waals surface area contributed by atoms with Crippen LogP contribution >= 0.6 is 0 Å². The molecule has 0 aliphatic heterocycles. The Morgan fingerprint density at radius 3 is 1.90 bits per heavy atom. The molecule has 0 aliphatic carbocycles. The lowest BCUT2D eigenvalue weighted by atomic mass is 9.92. The van der Waals surface area contributed by atoms with E-state index in [9.17, 15) is 10.2 Å². The molecular formula is C18H20O2. The Hall–Kier alpha value is -2.22. The number of aromatic hydroxyl groups is 2. The van der Waals surface area contributed by atoms with Gasteiger partial charge < -0.3 is 10.2 Å². The molecule has 0 unspecified atom stereocenters. The largest absolute Gasteiger partial charge is 0.507 e. The molecule has 104 valence electrons. The van der Waals surface area contributed by atoms with Crippen LogP contribution in [-0.2, 0) is 12.8 Å². The lowest BCUT2D eigenvalue weighted by Gasteiger charge is -2.16. The molecule has 0 saturated carbocycles. The second-order valence-corrected chi connectivity index (χ2v) is 5.47. The van der Waals surface area contributed by atoms with Crippen LogP contribution in [0.4, 0.5) is 0 Å². The number of hydrogen-bond acceptors (Lipinski definition) is 2. The van der Waals surface area contributed by atoms with Crippen molar-refractivity contribution >= 4 is 10.8 Å². The lowest BCUT2D eigenvalue weighted by molar-refractivity contribution is 0.441. The van der Waals surface area contributed by atoms with Crippen molar-refractivity contribution in [1.82, 2.24) is 0 Å². The van der Waals surface area contributed by atoms with E-state index in [2.05, 4.69) is 13.2 Å². The molecule has 0 spiro atoms. The first-order valence-corrected chi connectivity index (χ1v) is 6.65. The summed E-state index contributed by atoms with van der Waals surface area (Å²) in [5.74, 6) is 0.304. The van der Waals surface area contributed by atoms with Crippen molar-refractivity contribution in [2.75, 3.05) is 0 Å². The molecule has 0 heterocycles. The van der Waals surface area contributed by atoms with E-state index in [1.807, 2.05) is 38.1 Å². The Morgan fingerprint density at radius 2 is 1.35 bits per heavy atom. The van der Waals surface area contributed by atoms with E-state index in [4.69, 9.17) is 0 Å². The van der Waals surface area contributed by atoms with Crippen LogP contribution in [0.2, 0.25) is 0 Å². The van der Waals surface area contributed by atoms with Gasteiger partial charge in [-0.15, -0.1) is 0 Å². The van der Waals surface area contributed by atoms with E-state index in [0.717, 1.165) is 27.5 Å². The summed E-state index contributed by atoms with van der Waals surface area (Å²) in [6, 6.07) is 7.57. The summed E-state index contributed by atoms with van der Waals surface area (Å²) >= 11 is 0. The van der Waals surface area contributed by atoms with E-state index >= 15 is 0 Å². The molecule has 0 aliphatic rings. The van der Waals surface area contributed by atoms with Crippen LogP contribution in [-0.4, -0.2) is 10.2 Å². The maximum Gasteiger partial charge on any atom is 0.130 e. The zero-order chi connectivity index (χ0) is 14.9. The van der Waals surface area contributed by atoms with Gasteiger partial charge >= 0.3 is 0 Å². The highest BCUT2D eigenvalue weighted by Crippen LogP contribution is 2.41. The third kappa shape index (κ3) is 2.55. The summed E-state index contributed by atoms with van der Waals surface area (Å²) in [6.07, 6.45) is 1.06. The van der Waals surface area contributed by atoms with Gasteiger partial charge in [0.05, 0.1) is 0 Å². The molecule has 0 fully saturated rings. The van der Waals surface area contributed by atoms with Gasteiger partial charge in [0.2, 0.25) is 0 Å². The maximum absolute atomic E-state index is 10.5. The van der Waals surface area contributed by atoms with Crippen molar-refractivity contribution in [1.29, 1.82) is 0 Å². The number of hydrogen-bond donors (Lipinski definition) is 2. The fourth-order valence-corrected chi connectivity index (χ4v) is 2.49. The van der Waals surface area contributed by atoms with E-state index < -0.39 is 0 Å². The number of rotatable bonds is 4. The minimum absolute atomic E-state index is 0.145. The smallest absolute Gasteiger partial charge is 0.130 e. The van der Waals surface area contributed by atoms with Crippen molar-refractivity contribution in [2.45, 2.75) is 26.7 Å². The Labute approximate surface area is 119 Å². The predicted molar refractivity (Wildman–Crippen MR) is 84.3 cm³/mol. The van der Waals surface area contributed by atoms with Gasteiger partial charge in [-0.05, 0) is 25.7 Å². The third-order valence-electron chi connectivity index (χ3n) is 3.32. The molecule has 0 aromatic heterocycles. The topological polar surface area (TPSA) is 40.5 Å². The first-order chi connectivity index (χ1) is 9.41. The molecule has 2 N–H and O–H groups in total. The van der Waals surface area contributed by atoms with Gasteiger partial charge in [-0.3, -0.25) is 0 Å². The van der Waals surface area contributed by atoms with Crippen molar-refractivity contribution in [3.8, 4) is 11.5 Å². The fourth-order valence-electron chi connectivity index (χ4n) is 2.49. The molecule has 20 heavy (non-hydrogen) atoms. The summed E-state index contributed by atoms with van der Waals surface area (Å²) in [7, 11) is 0. The molecule has 0 saturated heterocycles. The van der Waals surface area contributed by atoms with E-state index in [0.29, 0.717) is 18.4 Å². The molecule has 0 atom stereocenters. The zero-order valence-corrected chi connectivity index (χ0v) is 12.0. The zero-order valence-electron chi connectivity index (χ0n) is 12.0. The normalized spacial score (nSPS) is 10.7. The highest BCUT2D eigenvalue weighted by atomic mass is 16.3. The first-order valence-electron chi connectivity index (χ1n) is 6.65. The average Bonchev–Trinajstić information content (AvgIpc) is 2.39. The Balaban J connectivity index is 2.80. The molecule has 2 heteroatoms. The summed E-state index contributed by atoms with van der Waals surface area (Å²) in [5, 5.41) is 22.6. The van der Waals surface area contributed by atoms with Crippen molar-refractivity contribution in [3.05, 3.63) is 59.7 Å². The van der Waals surface area contributed by atoms with Gasteiger partial charge in [0.25, 0.3) is 0 Å². The number of phenols is 2. The number of allylic oxidation sites excluding steroid dienone is 2. The third-order valence-corrected chi connectivity index (χ3v) is 3.32. The van der Waals surface area contributed by atoms with E-state index in [1.54, 1.807) is 0 Å². The monoisotopic (exact) mass is 268 g/mol. The fraction of sp³-hybridized carbons (Fsp3) is 0.222. The average molecular weight is 268 g/mol. The number of benzene rings is 2. The van der Waals surface area contributed by atoms with E-state index in [1.165, 1.54) is 0 Å². The second-order valence-electron chi connectivity index (χ2n) is 5.47. The molecule has 2 aromatic carbocycles. The quantitative estimate of drug-likeness (QED) is 0.802. The summed E-state index contributed by atoms with van der Waals surface area (Å²) in [4.78, 5) is 0. The van der Waals surface area contributed by atoms with Gasteiger partial charge in [-0.2, -0.15) is 0 Å². The lowest BCUT2D eigenvalue weighted by Crippen LogP contribution is -1.96. The highest BCUT2D eigenvalue weighted by molar-refractivity contribution is 5.94. The first kappa shape index (κ1) is 14.2. The SMILES string of the molecule is C=C(C)Cc1c(O)c(CC(=C)C)c2ccccc2c1O.